The first kappa shape index (κ1) is 16.2. The quantitative estimate of drug-likeness (QED) is 0.677. The molecule has 3 heterocycles. The second-order valence-corrected chi connectivity index (χ2v) is 6.50. The van der Waals surface area contributed by atoms with E-state index >= 15 is 0 Å². The molecule has 0 spiro atoms. The van der Waals surface area contributed by atoms with Crippen molar-refractivity contribution in [3.05, 3.63) is 58.5 Å². The van der Waals surface area contributed by atoms with Gasteiger partial charge in [0.2, 0.25) is 5.95 Å². The van der Waals surface area contributed by atoms with E-state index in [4.69, 9.17) is 0 Å². The van der Waals surface area contributed by atoms with Gasteiger partial charge in [-0.25, -0.2) is 9.97 Å². The number of halogens is 1. The second-order valence-electron chi connectivity index (χ2n) is 6.50. The summed E-state index contributed by atoms with van der Waals surface area (Å²) in [5.74, 6) is -0.0443. The lowest BCUT2D eigenvalue weighted by molar-refractivity contribution is 0.583. The first-order valence-electron chi connectivity index (χ1n) is 8.37. The van der Waals surface area contributed by atoms with Crippen LogP contribution in [0.2, 0.25) is 0 Å². The average molecular weight is 349 g/mol. The van der Waals surface area contributed by atoms with Gasteiger partial charge in [0.1, 0.15) is 17.3 Å². The molecule has 130 valence electrons. The van der Waals surface area contributed by atoms with Crippen molar-refractivity contribution in [1.29, 1.82) is 5.26 Å². The Labute approximate surface area is 149 Å². The highest BCUT2D eigenvalue weighted by atomic mass is 19.1. The zero-order valence-corrected chi connectivity index (χ0v) is 14.2. The van der Waals surface area contributed by atoms with Crippen molar-refractivity contribution >= 4 is 22.4 Å². The monoisotopic (exact) mass is 349 g/mol. The molecular weight excluding hydrogens is 333 g/mol. The fraction of sp³-hybridized carbons (Fsp3) is 0.263. The molecule has 6 nitrogen and oxygen atoms in total. The van der Waals surface area contributed by atoms with Crippen LogP contribution in [0.15, 0.2) is 41.3 Å². The standard InChI is InChI=1S/C19H16FN5O/c1-24-15-6-4-13(9-21)23-19(15)16(8-18(24)26)25(11-12-2-3-12)14-5-7-17(20)22-10-14/h4-8,10,12H,2-3,11H2,1H3. The summed E-state index contributed by atoms with van der Waals surface area (Å²) >= 11 is 0. The minimum Gasteiger partial charge on any atom is -0.338 e. The largest absolute Gasteiger partial charge is 0.338 e. The van der Waals surface area contributed by atoms with E-state index in [1.165, 1.54) is 22.9 Å². The van der Waals surface area contributed by atoms with Crippen LogP contribution in [-0.2, 0) is 7.05 Å². The molecule has 0 saturated heterocycles. The average Bonchev–Trinajstić information content (AvgIpc) is 3.47. The highest BCUT2D eigenvalue weighted by Gasteiger charge is 2.27. The summed E-state index contributed by atoms with van der Waals surface area (Å²) in [5, 5.41) is 9.21. The molecule has 26 heavy (non-hydrogen) atoms. The predicted molar refractivity (Wildman–Crippen MR) is 95.6 cm³/mol. The van der Waals surface area contributed by atoms with Gasteiger partial charge in [0.15, 0.2) is 0 Å². The third-order valence-corrected chi connectivity index (χ3v) is 4.64. The predicted octanol–water partition coefficient (Wildman–Crippen LogP) is 2.89. The van der Waals surface area contributed by atoms with Crippen LogP contribution < -0.4 is 10.5 Å². The summed E-state index contributed by atoms with van der Waals surface area (Å²) < 4.78 is 14.8. The van der Waals surface area contributed by atoms with Gasteiger partial charge in [0, 0.05) is 19.7 Å². The van der Waals surface area contributed by atoms with Crippen LogP contribution in [0.3, 0.4) is 0 Å². The number of hydrogen-bond donors (Lipinski definition) is 0. The molecule has 0 amide bonds. The van der Waals surface area contributed by atoms with Gasteiger partial charge in [-0.3, -0.25) is 4.79 Å². The molecule has 0 atom stereocenters. The maximum Gasteiger partial charge on any atom is 0.252 e. The Kier molecular flexibility index (Phi) is 3.88. The summed E-state index contributed by atoms with van der Waals surface area (Å²) in [5.41, 5.74) is 2.62. The SMILES string of the molecule is Cn1c(=O)cc(N(CC2CC2)c2ccc(F)nc2)c2nc(C#N)ccc21. The number of pyridine rings is 3. The Bertz CT molecular complexity index is 1080. The molecule has 0 aromatic carbocycles. The highest BCUT2D eigenvalue weighted by Crippen LogP contribution is 2.36. The number of anilines is 2. The van der Waals surface area contributed by atoms with E-state index in [0.717, 1.165) is 12.8 Å². The van der Waals surface area contributed by atoms with E-state index in [-0.39, 0.29) is 11.3 Å². The molecule has 0 unspecified atom stereocenters. The van der Waals surface area contributed by atoms with Gasteiger partial charge in [0.25, 0.3) is 5.56 Å². The Morgan fingerprint density at radius 3 is 2.81 bits per heavy atom. The Hall–Kier alpha value is -3.27. The molecule has 3 aromatic rings. The van der Waals surface area contributed by atoms with Crippen molar-refractivity contribution in [3.63, 3.8) is 0 Å². The molecule has 3 aromatic heterocycles. The summed E-state index contributed by atoms with van der Waals surface area (Å²) in [6, 6.07) is 9.82. The minimum atomic E-state index is -0.557. The van der Waals surface area contributed by atoms with Gasteiger partial charge in [0.05, 0.1) is 23.1 Å². The molecule has 0 aliphatic heterocycles. The number of aryl methyl sites for hydroxylation is 1. The third kappa shape index (κ3) is 2.90. The number of nitrogens with zero attached hydrogens (tertiary/aromatic N) is 5. The number of fused-ring (bicyclic) bond motifs is 1. The lowest BCUT2D eigenvalue weighted by atomic mass is 10.2. The molecule has 0 N–H and O–H groups in total. The van der Waals surface area contributed by atoms with Gasteiger partial charge < -0.3 is 9.47 Å². The van der Waals surface area contributed by atoms with Gasteiger partial charge >= 0.3 is 0 Å². The van der Waals surface area contributed by atoms with Crippen LogP contribution >= 0.6 is 0 Å². The topological polar surface area (TPSA) is 74.8 Å². The second kappa shape index (κ2) is 6.23. The van der Waals surface area contributed by atoms with E-state index in [2.05, 4.69) is 9.97 Å². The van der Waals surface area contributed by atoms with Crippen LogP contribution in [-0.4, -0.2) is 21.1 Å². The maximum atomic E-state index is 13.3. The summed E-state index contributed by atoms with van der Waals surface area (Å²) in [6.45, 7) is 0.689. The zero-order valence-electron chi connectivity index (χ0n) is 14.2. The minimum absolute atomic E-state index is 0.171. The van der Waals surface area contributed by atoms with Crippen LogP contribution in [0, 0.1) is 23.2 Å². The molecular formula is C19H16FN5O. The van der Waals surface area contributed by atoms with Crippen LogP contribution in [0.5, 0.6) is 0 Å². The number of aromatic nitrogens is 3. The summed E-state index contributed by atoms with van der Waals surface area (Å²) in [7, 11) is 1.67. The van der Waals surface area contributed by atoms with Crippen molar-refractivity contribution in [2.75, 3.05) is 11.4 Å². The van der Waals surface area contributed by atoms with Gasteiger partial charge in [-0.15, -0.1) is 0 Å². The number of hydrogen-bond acceptors (Lipinski definition) is 5. The molecule has 1 aliphatic carbocycles. The first-order valence-corrected chi connectivity index (χ1v) is 8.37. The molecule has 1 saturated carbocycles. The number of nitriles is 1. The van der Waals surface area contributed by atoms with Crippen LogP contribution in [0.25, 0.3) is 11.0 Å². The van der Waals surface area contributed by atoms with Crippen molar-refractivity contribution in [1.82, 2.24) is 14.5 Å². The normalized spacial score (nSPS) is 13.6. The van der Waals surface area contributed by atoms with E-state index in [1.54, 1.807) is 25.2 Å². The molecule has 7 heteroatoms. The smallest absolute Gasteiger partial charge is 0.252 e. The third-order valence-electron chi connectivity index (χ3n) is 4.64. The Morgan fingerprint density at radius 1 is 1.35 bits per heavy atom. The molecule has 1 fully saturated rings. The Morgan fingerprint density at radius 2 is 2.15 bits per heavy atom. The fourth-order valence-corrected chi connectivity index (χ4v) is 3.01. The summed E-state index contributed by atoms with van der Waals surface area (Å²) in [4.78, 5) is 22.6. The van der Waals surface area contributed by atoms with Crippen molar-refractivity contribution in [2.24, 2.45) is 13.0 Å². The van der Waals surface area contributed by atoms with Crippen molar-refractivity contribution in [2.45, 2.75) is 12.8 Å². The molecule has 4 rings (SSSR count). The van der Waals surface area contributed by atoms with Crippen molar-refractivity contribution < 1.29 is 4.39 Å². The maximum absolute atomic E-state index is 13.3. The molecule has 0 bridgehead atoms. The number of rotatable bonds is 4. The van der Waals surface area contributed by atoms with Crippen LogP contribution in [0.4, 0.5) is 15.8 Å². The first-order chi connectivity index (χ1) is 12.6. The highest BCUT2D eigenvalue weighted by molar-refractivity contribution is 5.91. The Balaban J connectivity index is 1.96. The van der Waals surface area contributed by atoms with Gasteiger partial charge in [-0.1, -0.05) is 0 Å². The summed E-state index contributed by atoms with van der Waals surface area (Å²) in [6.07, 6.45) is 3.69. The van der Waals surface area contributed by atoms with Crippen molar-refractivity contribution in [3.8, 4) is 6.07 Å². The van der Waals surface area contributed by atoms with Gasteiger partial charge in [-0.05, 0) is 43.0 Å². The van der Waals surface area contributed by atoms with E-state index in [1.807, 2.05) is 11.0 Å². The lowest BCUT2D eigenvalue weighted by Crippen LogP contribution is -2.25. The van der Waals surface area contributed by atoms with Gasteiger partial charge in [-0.2, -0.15) is 9.65 Å². The van der Waals surface area contributed by atoms with E-state index < -0.39 is 5.95 Å². The lowest BCUT2D eigenvalue weighted by Gasteiger charge is -2.26. The molecule has 0 radical (unpaired) electrons. The van der Waals surface area contributed by atoms with E-state index in [9.17, 15) is 14.4 Å². The fourth-order valence-electron chi connectivity index (χ4n) is 3.01. The molecule has 1 aliphatic rings. The zero-order chi connectivity index (χ0) is 18.3. The van der Waals surface area contributed by atoms with E-state index in [0.29, 0.717) is 34.9 Å². The van der Waals surface area contributed by atoms with Crippen LogP contribution in [0.1, 0.15) is 18.5 Å².